The van der Waals surface area contributed by atoms with E-state index >= 15 is 0 Å². The van der Waals surface area contributed by atoms with Crippen molar-refractivity contribution in [2.75, 3.05) is 19.7 Å². The first-order valence-corrected chi connectivity index (χ1v) is 9.43. The van der Waals surface area contributed by atoms with E-state index in [2.05, 4.69) is 16.0 Å². The van der Waals surface area contributed by atoms with E-state index in [1.807, 2.05) is 0 Å². The number of imide groups is 2. The zero-order valence-corrected chi connectivity index (χ0v) is 16.8. The van der Waals surface area contributed by atoms with Crippen LogP contribution in [-0.4, -0.2) is 66.2 Å². The molecule has 10 nitrogen and oxygen atoms in total. The highest BCUT2D eigenvalue weighted by Gasteiger charge is 2.46. The van der Waals surface area contributed by atoms with Crippen molar-refractivity contribution in [1.29, 1.82) is 0 Å². The minimum atomic E-state index is -1.05. The molecule has 11 heteroatoms. The van der Waals surface area contributed by atoms with Gasteiger partial charge in [0.1, 0.15) is 11.8 Å². The minimum absolute atomic E-state index is 0. The molecule has 0 saturated carbocycles. The van der Waals surface area contributed by atoms with Crippen molar-refractivity contribution in [3.63, 3.8) is 0 Å². The molecule has 0 spiro atoms. The number of ether oxygens (including phenoxy) is 1. The first-order chi connectivity index (χ1) is 14.0. The lowest BCUT2D eigenvalue weighted by atomic mass is 10.0. The van der Waals surface area contributed by atoms with Crippen LogP contribution in [0.4, 0.5) is 0 Å². The second kappa shape index (κ2) is 8.80. The predicted molar refractivity (Wildman–Crippen MR) is 105 cm³/mol. The molecule has 1 aromatic rings. The van der Waals surface area contributed by atoms with E-state index in [0.717, 1.165) is 17.9 Å². The van der Waals surface area contributed by atoms with Gasteiger partial charge in [-0.15, -0.1) is 12.4 Å². The monoisotopic (exact) mass is 436 g/mol. The number of fused-ring (bicyclic) bond motifs is 1. The van der Waals surface area contributed by atoms with Gasteiger partial charge in [-0.25, -0.2) is 0 Å². The highest BCUT2D eigenvalue weighted by atomic mass is 35.5. The number of hydrogen-bond donors (Lipinski definition) is 3. The van der Waals surface area contributed by atoms with Crippen LogP contribution < -0.4 is 20.7 Å². The molecule has 3 N–H and O–H groups in total. The van der Waals surface area contributed by atoms with Crippen molar-refractivity contribution >= 4 is 41.9 Å². The summed E-state index contributed by atoms with van der Waals surface area (Å²) in [6, 6.07) is 3.51. The summed E-state index contributed by atoms with van der Waals surface area (Å²) >= 11 is 0. The number of amides is 5. The highest BCUT2D eigenvalue weighted by molar-refractivity contribution is 6.24. The third-order valence-corrected chi connectivity index (χ3v) is 5.21. The van der Waals surface area contributed by atoms with Gasteiger partial charge in [0, 0.05) is 19.0 Å². The zero-order valence-electron chi connectivity index (χ0n) is 15.9. The molecule has 3 heterocycles. The summed E-state index contributed by atoms with van der Waals surface area (Å²) in [4.78, 5) is 62.1. The van der Waals surface area contributed by atoms with Crippen LogP contribution in [0, 0.1) is 0 Å². The smallest absolute Gasteiger partial charge is 0.266 e. The quantitative estimate of drug-likeness (QED) is 0.523. The number of nitrogens with one attached hydrogen (secondary N) is 3. The zero-order chi connectivity index (χ0) is 20.5. The normalized spacial score (nSPS) is 23.0. The van der Waals surface area contributed by atoms with Crippen LogP contribution in [-0.2, 0) is 14.4 Å². The SMILES string of the molecule is Cl.O=C1CCC(N2C(=O)c3cccc(OCC(=O)N[C@H]4CCNC4)c3C2=O)C(=O)N1. The topological polar surface area (TPSA) is 134 Å². The van der Waals surface area contributed by atoms with Gasteiger partial charge < -0.3 is 15.4 Å². The number of halogens is 1. The fourth-order valence-electron chi connectivity index (χ4n) is 3.79. The van der Waals surface area contributed by atoms with Crippen LogP contribution in [0.15, 0.2) is 18.2 Å². The Balaban J connectivity index is 0.00000256. The summed E-state index contributed by atoms with van der Waals surface area (Å²) in [7, 11) is 0. The molecule has 2 saturated heterocycles. The molecule has 1 unspecified atom stereocenters. The molecule has 1 aromatic carbocycles. The van der Waals surface area contributed by atoms with Gasteiger partial charge in [-0.3, -0.25) is 34.2 Å². The number of piperidine rings is 1. The van der Waals surface area contributed by atoms with Gasteiger partial charge in [0.25, 0.3) is 17.7 Å². The number of hydrogen-bond acceptors (Lipinski definition) is 7. The van der Waals surface area contributed by atoms with Crippen molar-refractivity contribution in [2.45, 2.75) is 31.3 Å². The molecular formula is C19H21ClN4O6. The van der Waals surface area contributed by atoms with Gasteiger partial charge in [-0.2, -0.15) is 0 Å². The molecular weight excluding hydrogens is 416 g/mol. The third kappa shape index (κ3) is 4.01. The first kappa shape index (κ1) is 21.7. The van der Waals surface area contributed by atoms with E-state index in [1.54, 1.807) is 6.07 Å². The molecule has 3 aliphatic rings. The minimum Gasteiger partial charge on any atom is -0.483 e. The molecule has 0 aliphatic carbocycles. The maximum absolute atomic E-state index is 12.9. The Morgan fingerprint density at radius 2 is 1.97 bits per heavy atom. The molecule has 160 valence electrons. The number of benzene rings is 1. The summed E-state index contributed by atoms with van der Waals surface area (Å²) in [6.45, 7) is 1.23. The summed E-state index contributed by atoms with van der Waals surface area (Å²) in [5, 5.41) is 8.13. The lowest BCUT2D eigenvalue weighted by Gasteiger charge is -2.27. The molecule has 2 atom stereocenters. The van der Waals surface area contributed by atoms with Gasteiger partial charge in [-0.1, -0.05) is 6.07 Å². The van der Waals surface area contributed by atoms with Crippen LogP contribution in [0.3, 0.4) is 0 Å². The van der Waals surface area contributed by atoms with Gasteiger partial charge in [-0.05, 0) is 31.5 Å². The second-order valence-electron chi connectivity index (χ2n) is 7.17. The first-order valence-electron chi connectivity index (χ1n) is 9.43. The maximum Gasteiger partial charge on any atom is 0.266 e. The van der Waals surface area contributed by atoms with Crippen LogP contribution in [0.2, 0.25) is 0 Å². The Hall–Kier alpha value is -2.98. The van der Waals surface area contributed by atoms with Crippen molar-refractivity contribution in [2.24, 2.45) is 0 Å². The lowest BCUT2D eigenvalue weighted by molar-refractivity contribution is -0.136. The fourth-order valence-corrected chi connectivity index (χ4v) is 3.79. The van der Waals surface area contributed by atoms with E-state index in [1.165, 1.54) is 12.1 Å². The van der Waals surface area contributed by atoms with Crippen molar-refractivity contribution in [3.8, 4) is 5.75 Å². The third-order valence-electron chi connectivity index (χ3n) is 5.21. The van der Waals surface area contributed by atoms with E-state index in [0.29, 0.717) is 6.54 Å². The summed E-state index contributed by atoms with van der Waals surface area (Å²) in [5.74, 6) is -2.62. The van der Waals surface area contributed by atoms with Crippen LogP contribution in [0.5, 0.6) is 5.75 Å². The van der Waals surface area contributed by atoms with Gasteiger partial charge in [0.15, 0.2) is 6.61 Å². The van der Waals surface area contributed by atoms with E-state index in [-0.39, 0.29) is 60.7 Å². The largest absolute Gasteiger partial charge is 0.483 e. The average molecular weight is 437 g/mol. The van der Waals surface area contributed by atoms with Crippen molar-refractivity contribution < 1.29 is 28.7 Å². The van der Waals surface area contributed by atoms with Crippen molar-refractivity contribution in [3.05, 3.63) is 29.3 Å². The number of nitrogens with zero attached hydrogens (tertiary/aromatic N) is 1. The molecule has 2 fully saturated rings. The van der Waals surface area contributed by atoms with E-state index in [4.69, 9.17) is 4.74 Å². The Kier molecular flexibility index (Phi) is 6.37. The molecule has 30 heavy (non-hydrogen) atoms. The average Bonchev–Trinajstić information content (AvgIpc) is 3.28. The molecule has 0 bridgehead atoms. The van der Waals surface area contributed by atoms with Crippen LogP contribution >= 0.6 is 12.4 Å². The fraction of sp³-hybridized carbons (Fsp3) is 0.421. The molecule has 3 aliphatic heterocycles. The van der Waals surface area contributed by atoms with Crippen LogP contribution in [0.1, 0.15) is 40.0 Å². The van der Waals surface area contributed by atoms with Crippen LogP contribution in [0.25, 0.3) is 0 Å². The molecule has 0 aromatic heterocycles. The molecule has 0 radical (unpaired) electrons. The maximum atomic E-state index is 12.9. The number of rotatable bonds is 5. The second-order valence-corrected chi connectivity index (χ2v) is 7.17. The Morgan fingerprint density at radius 1 is 1.17 bits per heavy atom. The Bertz CT molecular complexity index is 914. The molecule has 4 rings (SSSR count). The summed E-state index contributed by atoms with van der Waals surface area (Å²) in [6.07, 6.45) is 0.952. The highest BCUT2D eigenvalue weighted by Crippen LogP contribution is 2.33. The number of carbonyl (C=O) groups excluding carboxylic acids is 5. The lowest BCUT2D eigenvalue weighted by Crippen LogP contribution is -2.54. The number of carbonyl (C=O) groups is 5. The Labute approximate surface area is 178 Å². The van der Waals surface area contributed by atoms with Gasteiger partial charge in [0.2, 0.25) is 11.8 Å². The van der Waals surface area contributed by atoms with Gasteiger partial charge in [0.05, 0.1) is 11.1 Å². The summed E-state index contributed by atoms with van der Waals surface area (Å²) in [5.41, 5.74) is 0.134. The van der Waals surface area contributed by atoms with E-state index in [9.17, 15) is 24.0 Å². The molecule has 5 amide bonds. The predicted octanol–water partition coefficient (Wildman–Crippen LogP) is -0.633. The summed E-state index contributed by atoms with van der Waals surface area (Å²) < 4.78 is 5.53. The van der Waals surface area contributed by atoms with E-state index < -0.39 is 29.7 Å². The van der Waals surface area contributed by atoms with Gasteiger partial charge >= 0.3 is 0 Å². The Morgan fingerprint density at radius 3 is 2.67 bits per heavy atom. The standard InChI is InChI=1S/C19H20N4O6.ClH/c24-14-5-4-12(17(26)22-14)23-18(27)11-2-1-3-13(16(11)19(23)28)29-9-15(25)21-10-6-7-20-8-10;/h1-3,10,12,20H,4-9H2,(H,21,25)(H,22,24,26);1H/t10-,12?;/m0./s1. The van der Waals surface area contributed by atoms with Crippen molar-refractivity contribution in [1.82, 2.24) is 20.9 Å².